The van der Waals surface area contributed by atoms with Crippen molar-refractivity contribution in [1.29, 1.82) is 0 Å². The number of hydrogen-bond donors (Lipinski definition) is 2. The lowest BCUT2D eigenvalue weighted by molar-refractivity contribution is 0.0824. The van der Waals surface area contributed by atoms with Gasteiger partial charge in [-0.15, -0.1) is 0 Å². The molecule has 0 spiro atoms. The maximum atomic E-state index is 6.11. The number of nitrogens with two attached hydrogens (primary N) is 1. The number of aryl methyl sites for hydroxylation is 1. The minimum Gasteiger partial charge on any atom is -0.370 e. The first-order chi connectivity index (χ1) is 11.7. The zero-order chi connectivity index (χ0) is 16.5. The molecule has 2 atom stereocenters. The fraction of sp³-hybridized carbons (Fsp3) is 0.778. The third-order valence-electron chi connectivity index (χ3n) is 5.93. The number of nitrogens with zero attached hydrogens (tertiary/aromatic N) is 4. The van der Waals surface area contributed by atoms with Crippen LogP contribution in [0.1, 0.15) is 56.7 Å². The summed E-state index contributed by atoms with van der Waals surface area (Å²) < 4.78 is 2.04. The third kappa shape index (κ3) is 3.29. The number of rotatable bonds is 5. The van der Waals surface area contributed by atoms with Crippen LogP contribution in [0, 0.1) is 5.92 Å². The molecule has 2 saturated carbocycles. The Labute approximate surface area is 144 Å². The van der Waals surface area contributed by atoms with Gasteiger partial charge in [0.25, 0.3) is 0 Å². The number of aromatic nitrogens is 2. The maximum Gasteiger partial charge on any atom is 0.188 e. The quantitative estimate of drug-likeness (QED) is 0.638. The first-order valence-corrected chi connectivity index (χ1v) is 9.52. The summed E-state index contributed by atoms with van der Waals surface area (Å²) in [5.41, 5.74) is 7.44. The van der Waals surface area contributed by atoms with Crippen LogP contribution in [0.25, 0.3) is 0 Å². The molecule has 3 N–H and O–H groups in total. The Morgan fingerprint density at radius 2 is 2.12 bits per heavy atom. The van der Waals surface area contributed by atoms with Gasteiger partial charge in [0.1, 0.15) is 0 Å². The van der Waals surface area contributed by atoms with Gasteiger partial charge in [-0.2, -0.15) is 5.10 Å². The predicted octanol–water partition coefficient (Wildman–Crippen LogP) is 1.79. The Balaban J connectivity index is 1.48. The van der Waals surface area contributed by atoms with Gasteiger partial charge in [-0.3, -0.25) is 14.6 Å². The lowest BCUT2D eigenvalue weighted by Gasteiger charge is -2.41. The Morgan fingerprint density at radius 3 is 2.75 bits per heavy atom. The van der Waals surface area contributed by atoms with Gasteiger partial charge in [0, 0.05) is 31.9 Å². The molecule has 1 aromatic heterocycles. The van der Waals surface area contributed by atoms with Gasteiger partial charge in [-0.25, -0.2) is 0 Å². The molecule has 0 amide bonds. The van der Waals surface area contributed by atoms with E-state index in [0.29, 0.717) is 24.0 Å². The topological polar surface area (TPSA) is 71.5 Å². The fourth-order valence-corrected chi connectivity index (χ4v) is 4.22. The smallest absolute Gasteiger partial charge is 0.188 e. The van der Waals surface area contributed by atoms with Crippen molar-refractivity contribution in [2.75, 3.05) is 13.1 Å². The molecule has 0 unspecified atom stereocenters. The van der Waals surface area contributed by atoms with Crippen molar-refractivity contribution in [3.8, 4) is 0 Å². The molecule has 1 aliphatic heterocycles. The zero-order valence-electron chi connectivity index (χ0n) is 14.7. The van der Waals surface area contributed by atoms with Crippen LogP contribution in [-0.4, -0.2) is 45.8 Å². The van der Waals surface area contributed by atoms with Gasteiger partial charge in [0.05, 0.1) is 11.7 Å². The number of piperidine rings is 1. The molecule has 6 nitrogen and oxygen atoms in total. The lowest BCUT2D eigenvalue weighted by atomic mass is 9.86. The summed E-state index contributed by atoms with van der Waals surface area (Å²) >= 11 is 0. The minimum atomic E-state index is 0.430. The molecule has 0 bridgehead atoms. The third-order valence-corrected chi connectivity index (χ3v) is 5.93. The summed E-state index contributed by atoms with van der Waals surface area (Å²) in [5.74, 6) is 1.16. The molecule has 0 aromatic carbocycles. The van der Waals surface area contributed by atoms with E-state index < -0.39 is 0 Å². The summed E-state index contributed by atoms with van der Waals surface area (Å²) in [4.78, 5) is 7.41. The van der Waals surface area contributed by atoms with Crippen LogP contribution in [0.3, 0.4) is 0 Å². The SMILES string of the molecule is Cn1nccc1[C@H]1[C@H](CN=C(N)NC2CCC2)CCCN1C1CC1. The normalized spacial score (nSPS) is 29.5. The standard InChI is InChI=1S/C18H30N6/c1-23-16(9-10-21-23)17-13(4-3-11-24(17)15-7-8-15)12-20-18(19)22-14-5-2-6-14/h9-10,13-15,17H,2-8,11-12H2,1H3,(H3,19,20,22)/t13-,17+/m0/s1. The molecule has 1 aromatic rings. The summed E-state index contributed by atoms with van der Waals surface area (Å²) in [6, 6.07) is 3.93. The Bertz CT molecular complexity index is 586. The van der Waals surface area contributed by atoms with Crippen molar-refractivity contribution < 1.29 is 0 Å². The predicted molar refractivity (Wildman–Crippen MR) is 95.7 cm³/mol. The molecule has 2 aliphatic carbocycles. The van der Waals surface area contributed by atoms with E-state index in [2.05, 4.69) is 28.4 Å². The Morgan fingerprint density at radius 1 is 1.29 bits per heavy atom. The first kappa shape index (κ1) is 15.9. The molecular formula is C18H30N6. The molecule has 4 rings (SSSR count). The van der Waals surface area contributed by atoms with E-state index in [1.165, 1.54) is 57.2 Å². The molecule has 1 saturated heterocycles. The Kier molecular flexibility index (Phi) is 4.48. The van der Waals surface area contributed by atoms with Crippen LogP contribution in [0.4, 0.5) is 0 Å². The van der Waals surface area contributed by atoms with E-state index in [0.717, 1.165) is 12.6 Å². The van der Waals surface area contributed by atoms with E-state index in [4.69, 9.17) is 10.7 Å². The van der Waals surface area contributed by atoms with Gasteiger partial charge in [-0.1, -0.05) is 0 Å². The number of nitrogens with one attached hydrogen (secondary N) is 1. The van der Waals surface area contributed by atoms with E-state index in [-0.39, 0.29) is 0 Å². The molecular weight excluding hydrogens is 300 g/mol. The molecule has 2 heterocycles. The maximum absolute atomic E-state index is 6.11. The van der Waals surface area contributed by atoms with Crippen LogP contribution in [0.15, 0.2) is 17.3 Å². The average molecular weight is 330 g/mol. The van der Waals surface area contributed by atoms with Crippen molar-refractivity contribution in [1.82, 2.24) is 20.0 Å². The van der Waals surface area contributed by atoms with Gasteiger partial charge in [-0.05, 0) is 63.5 Å². The van der Waals surface area contributed by atoms with Gasteiger partial charge in [0.15, 0.2) is 5.96 Å². The van der Waals surface area contributed by atoms with Gasteiger partial charge >= 0.3 is 0 Å². The largest absolute Gasteiger partial charge is 0.370 e. The number of likely N-dealkylation sites (tertiary alicyclic amines) is 1. The molecule has 0 radical (unpaired) electrons. The highest BCUT2D eigenvalue weighted by Gasteiger charge is 2.41. The lowest BCUT2D eigenvalue weighted by Crippen LogP contribution is -2.45. The number of guanidine groups is 1. The zero-order valence-corrected chi connectivity index (χ0v) is 14.7. The number of hydrogen-bond acceptors (Lipinski definition) is 3. The van der Waals surface area contributed by atoms with Crippen LogP contribution in [0.5, 0.6) is 0 Å². The summed E-state index contributed by atoms with van der Waals surface area (Å²) in [5, 5.41) is 7.77. The van der Waals surface area contributed by atoms with Crippen molar-refractivity contribution in [2.45, 2.75) is 63.1 Å². The van der Waals surface area contributed by atoms with Crippen LogP contribution < -0.4 is 11.1 Å². The molecule has 3 aliphatic rings. The van der Waals surface area contributed by atoms with Crippen molar-refractivity contribution in [3.05, 3.63) is 18.0 Å². The van der Waals surface area contributed by atoms with Gasteiger partial charge in [0.2, 0.25) is 0 Å². The second kappa shape index (κ2) is 6.75. The summed E-state index contributed by atoms with van der Waals surface area (Å²) in [6.45, 7) is 2.02. The van der Waals surface area contributed by atoms with Crippen molar-refractivity contribution in [3.63, 3.8) is 0 Å². The summed E-state index contributed by atoms with van der Waals surface area (Å²) in [6.07, 6.45) is 10.9. The van der Waals surface area contributed by atoms with E-state index in [1.54, 1.807) is 0 Å². The minimum absolute atomic E-state index is 0.430. The highest BCUT2D eigenvalue weighted by atomic mass is 15.3. The number of aliphatic imine (C=N–C) groups is 1. The Hall–Kier alpha value is -1.56. The van der Waals surface area contributed by atoms with E-state index in [9.17, 15) is 0 Å². The van der Waals surface area contributed by atoms with E-state index in [1.807, 2.05) is 10.9 Å². The molecule has 24 heavy (non-hydrogen) atoms. The summed E-state index contributed by atoms with van der Waals surface area (Å²) in [7, 11) is 2.06. The second-order valence-electron chi connectivity index (χ2n) is 7.69. The first-order valence-electron chi connectivity index (χ1n) is 9.52. The fourth-order valence-electron chi connectivity index (χ4n) is 4.22. The van der Waals surface area contributed by atoms with Crippen molar-refractivity contribution in [2.24, 2.45) is 23.7 Å². The molecule has 132 valence electrons. The average Bonchev–Trinajstić information content (AvgIpc) is 3.30. The van der Waals surface area contributed by atoms with Crippen molar-refractivity contribution >= 4 is 5.96 Å². The second-order valence-corrected chi connectivity index (χ2v) is 7.69. The van der Waals surface area contributed by atoms with Crippen LogP contribution >= 0.6 is 0 Å². The van der Waals surface area contributed by atoms with E-state index >= 15 is 0 Å². The monoisotopic (exact) mass is 330 g/mol. The molecule has 3 fully saturated rings. The highest BCUT2D eigenvalue weighted by Crippen LogP contribution is 2.42. The van der Waals surface area contributed by atoms with Gasteiger partial charge < -0.3 is 11.1 Å². The molecule has 6 heteroatoms. The van der Waals surface area contributed by atoms with Crippen LogP contribution in [0.2, 0.25) is 0 Å². The van der Waals surface area contributed by atoms with Crippen LogP contribution in [-0.2, 0) is 7.05 Å². The highest BCUT2D eigenvalue weighted by molar-refractivity contribution is 5.78.